The van der Waals surface area contributed by atoms with Crippen LogP contribution in [0.25, 0.3) is 22.3 Å². The molecule has 0 fully saturated rings. The van der Waals surface area contributed by atoms with Crippen LogP contribution < -0.4 is 0 Å². The maximum atomic E-state index is 9.36. The zero-order valence-electron chi connectivity index (χ0n) is 9.56. The maximum Gasteiger partial charge on any atom is 0.154 e. The van der Waals surface area contributed by atoms with Crippen LogP contribution in [0.1, 0.15) is 5.56 Å². The van der Waals surface area contributed by atoms with E-state index in [-0.39, 0.29) is 6.61 Å². The van der Waals surface area contributed by atoms with Gasteiger partial charge >= 0.3 is 0 Å². The molecule has 0 spiro atoms. The summed E-state index contributed by atoms with van der Waals surface area (Å²) in [5, 5.41) is 10.8. The highest BCUT2D eigenvalue weighted by Crippen LogP contribution is 2.38. The predicted molar refractivity (Wildman–Crippen MR) is 72.6 cm³/mol. The number of aliphatic hydroxyl groups excluding tert-OH is 1. The molecule has 3 aromatic rings. The first-order valence-corrected chi connectivity index (χ1v) is 6.05. The third kappa shape index (κ3) is 1.70. The lowest BCUT2D eigenvalue weighted by Crippen LogP contribution is -1.87. The van der Waals surface area contributed by atoms with E-state index in [4.69, 9.17) is 16.0 Å². The molecule has 18 heavy (non-hydrogen) atoms. The molecule has 0 atom stereocenters. The van der Waals surface area contributed by atoms with Crippen LogP contribution >= 0.6 is 11.6 Å². The van der Waals surface area contributed by atoms with Crippen LogP contribution in [0.4, 0.5) is 0 Å². The summed E-state index contributed by atoms with van der Waals surface area (Å²) in [4.78, 5) is 0. The Hall–Kier alpha value is -1.77. The highest BCUT2D eigenvalue weighted by Gasteiger charge is 2.15. The van der Waals surface area contributed by atoms with Crippen LogP contribution in [0, 0.1) is 0 Å². The average molecular weight is 259 g/mol. The van der Waals surface area contributed by atoms with Crippen LogP contribution in [0.15, 0.2) is 52.9 Å². The van der Waals surface area contributed by atoms with Gasteiger partial charge in [0.2, 0.25) is 0 Å². The van der Waals surface area contributed by atoms with Crippen molar-refractivity contribution in [1.29, 1.82) is 0 Å². The molecule has 2 aromatic carbocycles. The van der Waals surface area contributed by atoms with E-state index in [1.165, 1.54) is 0 Å². The minimum Gasteiger partial charge on any atom is -0.454 e. The molecule has 0 aliphatic rings. The van der Waals surface area contributed by atoms with Crippen LogP contribution in [-0.4, -0.2) is 5.11 Å². The lowest BCUT2D eigenvalue weighted by molar-refractivity contribution is 0.282. The Bertz CT molecular complexity index is 701. The lowest BCUT2D eigenvalue weighted by atomic mass is 10.1. The fourth-order valence-electron chi connectivity index (χ4n) is 2.07. The van der Waals surface area contributed by atoms with Gasteiger partial charge in [-0.15, -0.1) is 0 Å². The molecule has 3 rings (SSSR count). The van der Waals surface area contributed by atoms with E-state index in [0.717, 1.165) is 22.1 Å². The molecular formula is C15H11ClO2. The first-order valence-electron chi connectivity index (χ1n) is 5.67. The number of furan rings is 1. The Labute approximate surface area is 109 Å². The lowest BCUT2D eigenvalue weighted by Gasteiger charge is -2.04. The molecule has 0 aliphatic heterocycles. The maximum absolute atomic E-state index is 9.36. The standard InChI is InChI=1S/C15H11ClO2/c16-14-12-7-3-4-8-13(12)18-15(14)11-6-2-1-5-10(11)9-17/h1-8,17H,9H2. The van der Waals surface area contributed by atoms with Crippen molar-refractivity contribution < 1.29 is 9.52 Å². The van der Waals surface area contributed by atoms with Gasteiger partial charge in [0.25, 0.3) is 0 Å². The second-order valence-electron chi connectivity index (χ2n) is 4.06. The third-order valence-electron chi connectivity index (χ3n) is 2.97. The van der Waals surface area contributed by atoms with Crippen LogP contribution in [0.3, 0.4) is 0 Å². The molecule has 0 aliphatic carbocycles. The van der Waals surface area contributed by atoms with Crippen molar-refractivity contribution in [3.63, 3.8) is 0 Å². The summed E-state index contributed by atoms with van der Waals surface area (Å²) in [7, 11) is 0. The molecule has 90 valence electrons. The number of aliphatic hydroxyl groups is 1. The van der Waals surface area contributed by atoms with E-state index >= 15 is 0 Å². The van der Waals surface area contributed by atoms with Crippen molar-refractivity contribution in [1.82, 2.24) is 0 Å². The summed E-state index contributed by atoms with van der Waals surface area (Å²) >= 11 is 6.35. The van der Waals surface area contributed by atoms with Crippen molar-refractivity contribution in [2.45, 2.75) is 6.61 Å². The quantitative estimate of drug-likeness (QED) is 0.746. The number of para-hydroxylation sites is 1. The van der Waals surface area contributed by atoms with Crippen molar-refractivity contribution in [3.05, 3.63) is 59.1 Å². The molecule has 1 aromatic heterocycles. The van der Waals surface area contributed by atoms with Crippen molar-refractivity contribution in [3.8, 4) is 11.3 Å². The van der Waals surface area contributed by atoms with Gasteiger partial charge in [-0.1, -0.05) is 48.0 Å². The summed E-state index contributed by atoms with van der Waals surface area (Å²) in [6.45, 7) is -0.0381. The first-order chi connectivity index (χ1) is 8.81. The third-order valence-corrected chi connectivity index (χ3v) is 3.34. The molecule has 0 bridgehead atoms. The second kappa shape index (κ2) is 4.48. The second-order valence-corrected chi connectivity index (χ2v) is 4.43. The molecule has 0 saturated heterocycles. The van der Waals surface area contributed by atoms with Gasteiger partial charge in [-0.25, -0.2) is 0 Å². The van der Waals surface area contributed by atoms with Gasteiger partial charge in [-0.2, -0.15) is 0 Å². The molecule has 0 radical (unpaired) electrons. The largest absolute Gasteiger partial charge is 0.454 e. The zero-order chi connectivity index (χ0) is 12.5. The highest BCUT2D eigenvalue weighted by molar-refractivity contribution is 6.38. The van der Waals surface area contributed by atoms with E-state index < -0.39 is 0 Å². The number of fused-ring (bicyclic) bond motifs is 1. The molecule has 0 amide bonds. The number of rotatable bonds is 2. The summed E-state index contributed by atoms with van der Waals surface area (Å²) in [6, 6.07) is 15.2. The molecule has 1 heterocycles. The number of hydrogen-bond acceptors (Lipinski definition) is 2. The summed E-state index contributed by atoms with van der Waals surface area (Å²) in [5.74, 6) is 0.613. The number of hydrogen-bond donors (Lipinski definition) is 1. The highest BCUT2D eigenvalue weighted by atomic mass is 35.5. The van der Waals surface area contributed by atoms with E-state index in [9.17, 15) is 5.11 Å². The van der Waals surface area contributed by atoms with Crippen LogP contribution in [0.2, 0.25) is 5.02 Å². The van der Waals surface area contributed by atoms with Gasteiger partial charge in [-0.3, -0.25) is 0 Å². The Balaban J connectivity index is 2.28. The monoisotopic (exact) mass is 258 g/mol. The topological polar surface area (TPSA) is 33.4 Å². The summed E-state index contributed by atoms with van der Waals surface area (Å²) < 4.78 is 5.78. The minimum absolute atomic E-state index is 0.0381. The van der Waals surface area contributed by atoms with Gasteiger partial charge in [0, 0.05) is 10.9 Å². The number of halogens is 1. The number of benzene rings is 2. The van der Waals surface area contributed by atoms with E-state index in [2.05, 4.69) is 0 Å². The van der Waals surface area contributed by atoms with Crippen LogP contribution in [0.5, 0.6) is 0 Å². The first kappa shape index (κ1) is 11.3. The Morgan fingerprint density at radius 3 is 2.50 bits per heavy atom. The van der Waals surface area contributed by atoms with Gasteiger partial charge in [0.1, 0.15) is 5.58 Å². The fourth-order valence-corrected chi connectivity index (χ4v) is 2.36. The Morgan fingerprint density at radius 2 is 1.72 bits per heavy atom. The van der Waals surface area contributed by atoms with E-state index in [0.29, 0.717) is 10.8 Å². The van der Waals surface area contributed by atoms with Crippen molar-refractivity contribution >= 4 is 22.6 Å². The molecule has 0 saturated carbocycles. The zero-order valence-corrected chi connectivity index (χ0v) is 10.3. The van der Waals surface area contributed by atoms with E-state index in [1.807, 2.05) is 48.5 Å². The van der Waals surface area contributed by atoms with Gasteiger partial charge < -0.3 is 9.52 Å². The average Bonchev–Trinajstić information content (AvgIpc) is 2.76. The van der Waals surface area contributed by atoms with E-state index in [1.54, 1.807) is 0 Å². The molecular weight excluding hydrogens is 248 g/mol. The van der Waals surface area contributed by atoms with Crippen molar-refractivity contribution in [2.24, 2.45) is 0 Å². The van der Waals surface area contributed by atoms with Gasteiger partial charge in [-0.05, 0) is 17.7 Å². The van der Waals surface area contributed by atoms with Crippen molar-refractivity contribution in [2.75, 3.05) is 0 Å². The summed E-state index contributed by atoms with van der Waals surface area (Å²) in [6.07, 6.45) is 0. The molecule has 0 unspecified atom stereocenters. The Morgan fingerprint density at radius 1 is 1.00 bits per heavy atom. The normalized spacial score (nSPS) is 11.0. The predicted octanol–water partition coefficient (Wildman–Crippen LogP) is 4.25. The SMILES string of the molecule is OCc1ccccc1-c1oc2ccccc2c1Cl. The Kier molecular flexibility index (Phi) is 2.82. The molecule has 3 heteroatoms. The smallest absolute Gasteiger partial charge is 0.154 e. The molecule has 2 nitrogen and oxygen atoms in total. The van der Waals surface area contributed by atoms with Gasteiger partial charge in [0.15, 0.2) is 5.76 Å². The molecule has 1 N–H and O–H groups in total. The van der Waals surface area contributed by atoms with Crippen LogP contribution in [-0.2, 0) is 6.61 Å². The summed E-state index contributed by atoms with van der Waals surface area (Å²) in [5.41, 5.74) is 2.39. The fraction of sp³-hybridized carbons (Fsp3) is 0.0667. The van der Waals surface area contributed by atoms with Gasteiger partial charge in [0.05, 0.1) is 11.6 Å². The minimum atomic E-state index is -0.0381.